The average molecular weight is 291 g/mol. The summed E-state index contributed by atoms with van der Waals surface area (Å²) in [5, 5.41) is 3.40. The molecule has 18 heavy (non-hydrogen) atoms. The quantitative estimate of drug-likeness (QED) is 0.897. The lowest BCUT2D eigenvalue weighted by molar-refractivity contribution is -0.149. The molecule has 0 atom stereocenters. The molecule has 0 bridgehead atoms. The summed E-state index contributed by atoms with van der Waals surface area (Å²) in [6, 6.07) is 10.8. The molecule has 0 radical (unpaired) electrons. The van der Waals surface area contributed by atoms with Gasteiger partial charge in [0.1, 0.15) is 0 Å². The molecule has 2 heterocycles. The fraction of sp³-hybridized carbons (Fsp3) is 0.538. The molecule has 1 N–H and O–H groups in total. The van der Waals surface area contributed by atoms with E-state index in [-0.39, 0.29) is 30.4 Å². The van der Waals surface area contributed by atoms with Gasteiger partial charge >= 0.3 is 0 Å². The highest BCUT2D eigenvalue weighted by molar-refractivity contribution is 5.85. The van der Waals surface area contributed by atoms with E-state index in [2.05, 4.69) is 40.5 Å². The highest BCUT2D eigenvalue weighted by Crippen LogP contribution is 2.35. The number of hydrogen-bond donors (Lipinski definition) is 1. The maximum Gasteiger partial charge on any atom is 0.0934 e. The second-order valence-corrected chi connectivity index (χ2v) is 4.63. The van der Waals surface area contributed by atoms with Gasteiger partial charge in [0.05, 0.1) is 18.8 Å². The van der Waals surface area contributed by atoms with Gasteiger partial charge in [-0.3, -0.25) is 4.90 Å². The van der Waals surface area contributed by atoms with Gasteiger partial charge in [-0.15, -0.1) is 24.8 Å². The van der Waals surface area contributed by atoms with Gasteiger partial charge < -0.3 is 10.1 Å². The summed E-state index contributed by atoms with van der Waals surface area (Å²) < 4.78 is 5.48. The molecule has 102 valence electrons. The van der Waals surface area contributed by atoms with Gasteiger partial charge in [0.15, 0.2) is 0 Å². The Bertz CT molecular complexity index is 351. The van der Waals surface area contributed by atoms with E-state index in [1.807, 2.05) is 0 Å². The highest BCUT2D eigenvalue weighted by Gasteiger charge is 2.45. The third-order valence-electron chi connectivity index (χ3n) is 3.72. The van der Waals surface area contributed by atoms with Gasteiger partial charge in [0, 0.05) is 26.2 Å². The number of ether oxygens (including phenoxy) is 1. The Morgan fingerprint density at radius 2 is 1.61 bits per heavy atom. The molecule has 3 rings (SSSR count). The molecule has 0 spiro atoms. The van der Waals surface area contributed by atoms with Crippen LogP contribution in [0.5, 0.6) is 0 Å². The van der Waals surface area contributed by atoms with Crippen LogP contribution in [0.25, 0.3) is 0 Å². The fourth-order valence-electron chi connectivity index (χ4n) is 2.67. The van der Waals surface area contributed by atoms with Gasteiger partial charge in [-0.2, -0.15) is 0 Å². The topological polar surface area (TPSA) is 24.5 Å². The van der Waals surface area contributed by atoms with Crippen LogP contribution < -0.4 is 5.32 Å². The first-order valence-corrected chi connectivity index (χ1v) is 6.01. The Labute approximate surface area is 121 Å². The van der Waals surface area contributed by atoms with Crippen LogP contribution in [-0.2, 0) is 10.3 Å². The summed E-state index contributed by atoms with van der Waals surface area (Å²) in [4.78, 5) is 2.57. The molecule has 2 aliphatic heterocycles. The molecule has 0 saturated carbocycles. The van der Waals surface area contributed by atoms with E-state index in [0.29, 0.717) is 0 Å². The fourth-order valence-corrected chi connectivity index (χ4v) is 2.67. The molecule has 0 aliphatic carbocycles. The van der Waals surface area contributed by atoms with Crippen molar-refractivity contribution in [3.8, 4) is 0 Å². The van der Waals surface area contributed by atoms with Crippen molar-refractivity contribution in [1.29, 1.82) is 0 Å². The number of nitrogens with zero attached hydrogens (tertiary/aromatic N) is 1. The summed E-state index contributed by atoms with van der Waals surface area (Å²) in [7, 11) is 0. The third kappa shape index (κ3) is 2.65. The van der Waals surface area contributed by atoms with Crippen LogP contribution in [-0.4, -0.2) is 44.3 Å². The van der Waals surface area contributed by atoms with E-state index in [9.17, 15) is 0 Å². The van der Waals surface area contributed by atoms with Crippen LogP contribution >= 0.6 is 24.8 Å². The molecule has 2 saturated heterocycles. The van der Waals surface area contributed by atoms with Gasteiger partial charge in [0.25, 0.3) is 0 Å². The SMILES string of the molecule is Cl.Cl.c1ccc(C2(N3CCNCC3)COC2)cc1. The Balaban J connectivity index is 0.000000810. The van der Waals surface area contributed by atoms with E-state index >= 15 is 0 Å². The Kier molecular flexibility index (Phi) is 5.89. The predicted octanol–water partition coefficient (Wildman–Crippen LogP) is 1.66. The molecule has 3 nitrogen and oxygen atoms in total. The van der Waals surface area contributed by atoms with E-state index in [4.69, 9.17) is 4.74 Å². The number of nitrogens with one attached hydrogen (secondary N) is 1. The van der Waals surface area contributed by atoms with Crippen molar-refractivity contribution >= 4 is 24.8 Å². The Morgan fingerprint density at radius 1 is 1.00 bits per heavy atom. The second-order valence-electron chi connectivity index (χ2n) is 4.63. The van der Waals surface area contributed by atoms with Crippen molar-refractivity contribution in [1.82, 2.24) is 10.2 Å². The summed E-state index contributed by atoms with van der Waals surface area (Å²) in [5.41, 5.74) is 1.56. The van der Waals surface area contributed by atoms with Crippen molar-refractivity contribution < 1.29 is 4.74 Å². The Hall–Kier alpha value is -0.320. The molecule has 2 fully saturated rings. The lowest BCUT2D eigenvalue weighted by Gasteiger charge is -2.51. The van der Waals surface area contributed by atoms with Gasteiger partial charge in [-0.05, 0) is 5.56 Å². The van der Waals surface area contributed by atoms with Crippen LogP contribution in [0.1, 0.15) is 5.56 Å². The zero-order valence-electron chi connectivity index (χ0n) is 10.3. The monoisotopic (exact) mass is 290 g/mol. The largest absolute Gasteiger partial charge is 0.377 e. The predicted molar refractivity (Wildman–Crippen MR) is 77.9 cm³/mol. The number of halogens is 2. The van der Waals surface area contributed by atoms with Crippen molar-refractivity contribution in [3.63, 3.8) is 0 Å². The van der Waals surface area contributed by atoms with Gasteiger partial charge in [-0.25, -0.2) is 0 Å². The summed E-state index contributed by atoms with van der Waals surface area (Å²) >= 11 is 0. The second kappa shape index (κ2) is 6.73. The summed E-state index contributed by atoms with van der Waals surface area (Å²) in [6.07, 6.45) is 0. The average Bonchev–Trinajstić information content (AvgIpc) is 2.31. The van der Waals surface area contributed by atoms with E-state index in [0.717, 1.165) is 39.4 Å². The number of hydrogen-bond acceptors (Lipinski definition) is 3. The lowest BCUT2D eigenvalue weighted by Crippen LogP contribution is -2.63. The van der Waals surface area contributed by atoms with Crippen molar-refractivity contribution in [2.45, 2.75) is 5.54 Å². The molecule has 0 unspecified atom stereocenters. The van der Waals surface area contributed by atoms with Gasteiger partial charge in [0.2, 0.25) is 0 Å². The minimum absolute atomic E-state index is 0. The van der Waals surface area contributed by atoms with Crippen LogP contribution in [0.15, 0.2) is 30.3 Å². The smallest absolute Gasteiger partial charge is 0.0934 e. The first-order valence-electron chi connectivity index (χ1n) is 6.01. The van der Waals surface area contributed by atoms with Gasteiger partial charge in [-0.1, -0.05) is 30.3 Å². The van der Waals surface area contributed by atoms with E-state index in [1.165, 1.54) is 5.56 Å². The number of benzene rings is 1. The maximum atomic E-state index is 5.48. The highest BCUT2D eigenvalue weighted by atomic mass is 35.5. The molecule has 0 aromatic heterocycles. The first kappa shape index (κ1) is 15.7. The normalized spacial score (nSPS) is 22.2. The number of rotatable bonds is 2. The van der Waals surface area contributed by atoms with Crippen molar-refractivity contribution in [2.75, 3.05) is 39.4 Å². The summed E-state index contributed by atoms with van der Waals surface area (Å²) in [6.45, 7) is 6.12. The summed E-state index contributed by atoms with van der Waals surface area (Å²) in [5.74, 6) is 0. The standard InChI is InChI=1S/C13H18N2O.2ClH/c1-2-4-12(5-3-1)13(10-16-11-13)15-8-6-14-7-9-15;;/h1-5,14H,6-11H2;2*1H. The molecule has 1 aromatic rings. The minimum atomic E-state index is 0. The van der Waals surface area contributed by atoms with E-state index in [1.54, 1.807) is 0 Å². The van der Waals surface area contributed by atoms with Crippen molar-refractivity contribution in [3.05, 3.63) is 35.9 Å². The lowest BCUT2D eigenvalue weighted by atomic mass is 9.85. The third-order valence-corrected chi connectivity index (χ3v) is 3.72. The zero-order chi connectivity index (χ0) is 10.8. The Morgan fingerprint density at radius 3 is 2.11 bits per heavy atom. The van der Waals surface area contributed by atoms with Crippen molar-refractivity contribution in [2.24, 2.45) is 0 Å². The molecule has 1 aromatic carbocycles. The molecule has 5 heteroatoms. The molecular weight excluding hydrogens is 271 g/mol. The van der Waals surface area contributed by atoms with Crippen LogP contribution in [0, 0.1) is 0 Å². The molecule has 2 aliphatic rings. The van der Waals surface area contributed by atoms with E-state index < -0.39 is 0 Å². The first-order chi connectivity index (χ1) is 7.92. The molecular formula is C13H20Cl2N2O. The number of piperazine rings is 1. The van der Waals surface area contributed by atoms with Crippen LogP contribution in [0.4, 0.5) is 0 Å². The van der Waals surface area contributed by atoms with Crippen LogP contribution in [0.3, 0.4) is 0 Å². The zero-order valence-corrected chi connectivity index (χ0v) is 11.9. The van der Waals surface area contributed by atoms with Crippen LogP contribution in [0.2, 0.25) is 0 Å². The molecule has 0 amide bonds. The maximum absolute atomic E-state index is 5.48. The minimum Gasteiger partial charge on any atom is -0.377 e.